The van der Waals surface area contributed by atoms with Crippen molar-refractivity contribution >= 4 is 35.0 Å². The number of nitrogens with one attached hydrogen (secondary N) is 3. The van der Waals surface area contributed by atoms with Crippen molar-refractivity contribution in [3.8, 4) is 5.75 Å². The van der Waals surface area contributed by atoms with Gasteiger partial charge in [0.05, 0.1) is 4.92 Å². The molecule has 2 aromatic carbocycles. The first kappa shape index (κ1) is 24.0. The predicted molar refractivity (Wildman–Crippen MR) is 121 cm³/mol. The Labute approximate surface area is 185 Å². The Morgan fingerprint density at radius 2 is 1.81 bits per heavy atom. The summed E-state index contributed by atoms with van der Waals surface area (Å²) >= 11 is 1.58. The van der Waals surface area contributed by atoms with Gasteiger partial charge in [0.2, 0.25) is 5.91 Å². The van der Waals surface area contributed by atoms with Crippen LogP contribution in [0.4, 0.5) is 11.4 Å². The summed E-state index contributed by atoms with van der Waals surface area (Å²) in [5, 5.41) is 19.4. The normalized spacial score (nSPS) is 11.3. The first-order valence-electron chi connectivity index (χ1n) is 9.72. The molecule has 1 unspecified atom stereocenters. The predicted octanol–water partition coefficient (Wildman–Crippen LogP) is 2.44. The van der Waals surface area contributed by atoms with E-state index in [0.717, 1.165) is 0 Å². The highest BCUT2D eigenvalue weighted by Gasteiger charge is 2.20. The van der Waals surface area contributed by atoms with Crippen LogP contribution in [-0.4, -0.2) is 54.5 Å². The van der Waals surface area contributed by atoms with Gasteiger partial charge < -0.3 is 20.7 Å². The molecule has 10 heteroatoms. The van der Waals surface area contributed by atoms with Crippen LogP contribution in [0.25, 0.3) is 0 Å². The van der Waals surface area contributed by atoms with Crippen LogP contribution in [0.15, 0.2) is 54.6 Å². The van der Waals surface area contributed by atoms with Crippen LogP contribution in [0.5, 0.6) is 5.75 Å². The van der Waals surface area contributed by atoms with E-state index in [4.69, 9.17) is 4.74 Å². The van der Waals surface area contributed by atoms with Gasteiger partial charge in [0.15, 0.2) is 6.61 Å². The minimum absolute atomic E-state index is 0.0302. The van der Waals surface area contributed by atoms with Gasteiger partial charge in [-0.3, -0.25) is 19.7 Å². The monoisotopic (exact) mass is 446 g/mol. The van der Waals surface area contributed by atoms with Gasteiger partial charge in [-0.1, -0.05) is 30.3 Å². The molecule has 0 spiro atoms. The molecular formula is C21H26N4O5S. The fourth-order valence-electron chi connectivity index (χ4n) is 2.69. The molecule has 2 rings (SSSR count). The lowest BCUT2D eigenvalue weighted by Crippen LogP contribution is -2.49. The van der Waals surface area contributed by atoms with E-state index < -0.39 is 11.0 Å². The van der Waals surface area contributed by atoms with E-state index >= 15 is 0 Å². The van der Waals surface area contributed by atoms with Gasteiger partial charge in [-0.05, 0) is 36.6 Å². The summed E-state index contributed by atoms with van der Waals surface area (Å²) < 4.78 is 5.42. The number of anilines is 1. The van der Waals surface area contributed by atoms with Gasteiger partial charge in [-0.15, -0.1) is 0 Å². The van der Waals surface area contributed by atoms with Gasteiger partial charge in [0.1, 0.15) is 17.5 Å². The number of nitro groups is 1. The SMILES string of the molecule is CSCCC(NC(=O)COc1ccccc1)C(=O)NCCNc1ccccc1[N+](=O)[O-]. The van der Waals surface area contributed by atoms with E-state index in [1.807, 2.05) is 12.3 Å². The average Bonchev–Trinajstić information content (AvgIpc) is 2.78. The van der Waals surface area contributed by atoms with E-state index in [-0.39, 0.29) is 30.7 Å². The summed E-state index contributed by atoms with van der Waals surface area (Å²) in [5.41, 5.74) is 0.351. The van der Waals surface area contributed by atoms with Crippen molar-refractivity contribution in [1.29, 1.82) is 0 Å². The number of rotatable bonds is 13. The Hall–Kier alpha value is -3.27. The Balaban J connectivity index is 1.80. The standard InChI is InChI=1S/C21H26N4O5S/c1-31-14-11-18(24-20(26)15-30-16-7-3-2-4-8-16)21(27)23-13-12-22-17-9-5-6-10-19(17)25(28)29/h2-10,18,22H,11-15H2,1H3,(H,23,27)(H,24,26). The molecule has 9 nitrogen and oxygen atoms in total. The first-order valence-corrected chi connectivity index (χ1v) is 11.1. The molecule has 166 valence electrons. The molecule has 0 heterocycles. The second-order valence-electron chi connectivity index (χ2n) is 6.50. The first-order chi connectivity index (χ1) is 15.0. The highest BCUT2D eigenvalue weighted by atomic mass is 32.2. The Morgan fingerprint density at radius 3 is 2.52 bits per heavy atom. The lowest BCUT2D eigenvalue weighted by molar-refractivity contribution is -0.384. The summed E-state index contributed by atoms with van der Waals surface area (Å²) in [6, 6.07) is 14.6. The number of hydrogen-bond acceptors (Lipinski definition) is 7. The second-order valence-corrected chi connectivity index (χ2v) is 7.48. The summed E-state index contributed by atoms with van der Waals surface area (Å²) in [4.78, 5) is 35.3. The molecule has 0 aliphatic carbocycles. The van der Waals surface area contributed by atoms with Gasteiger partial charge in [-0.2, -0.15) is 11.8 Å². The van der Waals surface area contributed by atoms with Crippen LogP contribution in [0.3, 0.4) is 0 Å². The Morgan fingerprint density at radius 1 is 1.10 bits per heavy atom. The maximum absolute atomic E-state index is 12.5. The van der Waals surface area contributed by atoms with E-state index in [1.165, 1.54) is 6.07 Å². The number of para-hydroxylation sites is 3. The number of carbonyl (C=O) groups excluding carboxylic acids is 2. The van der Waals surface area contributed by atoms with Crippen LogP contribution in [0.2, 0.25) is 0 Å². The van der Waals surface area contributed by atoms with Crippen LogP contribution in [-0.2, 0) is 9.59 Å². The van der Waals surface area contributed by atoms with E-state index in [9.17, 15) is 19.7 Å². The van der Waals surface area contributed by atoms with Crippen LogP contribution in [0.1, 0.15) is 6.42 Å². The second kappa shape index (κ2) is 13.1. The number of nitro benzene ring substituents is 1. The molecular weight excluding hydrogens is 420 g/mol. The largest absolute Gasteiger partial charge is 0.484 e. The molecule has 0 radical (unpaired) electrons. The van der Waals surface area contributed by atoms with Gasteiger partial charge in [-0.25, -0.2) is 0 Å². The van der Waals surface area contributed by atoms with Crippen molar-refractivity contribution in [2.45, 2.75) is 12.5 Å². The smallest absolute Gasteiger partial charge is 0.292 e. The highest BCUT2D eigenvalue weighted by Crippen LogP contribution is 2.22. The lowest BCUT2D eigenvalue weighted by Gasteiger charge is -2.18. The zero-order chi connectivity index (χ0) is 22.5. The number of benzene rings is 2. The van der Waals surface area contributed by atoms with Crippen molar-refractivity contribution in [2.24, 2.45) is 0 Å². The summed E-state index contributed by atoms with van der Waals surface area (Å²) in [7, 11) is 0. The van der Waals surface area contributed by atoms with E-state index in [2.05, 4.69) is 16.0 Å². The van der Waals surface area contributed by atoms with Gasteiger partial charge >= 0.3 is 0 Å². The maximum atomic E-state index is 12.5. The molecule has 2 aromatic rings. The lowest BCUT2D eigenvalue weighted by atomic mass is 10.2. The summed E-state index contributed by atoms with van der Waals surface area (Å²) in [6.07, 6.45) is 2.40. The zero-order valence-corrected chi connectivity index (χ0v) is 18.0. The Kier molecular flexibility index (Phi) is 10.2. The molecule has 2 amide bonds. The molecule has 0 saturated carbocycles. The highest BCUT2D eigenvalue weighted by molar-refractivity contribution is 7.98. The molecule has 0 aliphatic heterocycles. The van der Waals surface area contributed by atoms with Crippen molar-refractivity contribution in [1.82, 2.24) is 10.6 Å². The minimum Gasteiger partial charge on any atom is -0.484 e. The Bertz CT molecular complexity index is 866. The topological polar surface area (TPSA) is 123 Å². The number of carbonyl (C=O) groups is 2. The third-order valence-electron chi connectivity index (χ3n) is 4.22. The molecule has 1 atom stereocenters. The molecule has 0 fully saturated rings. The summed E-state index contributed by atoms with van der Waals surface area (Å²) in [5.74, 6) is 0.574. The van der Waals surface area contributed by atoms with Crippen molar-refractivity contribution < 1.29 is 19.2 Å². The number of nitrogens with zero attached hydrogens (tertiary/aromatic N) is 1. The molecule has 31 heavy (non-hydrogen) atoms. The third-order valence-corrected chi connectivity index (χ3v) is 4.86. The van der Waals surface area contributed by atoms with Gasteiger partial charge in [0.25, 0.3) is 11.6 Å². The quantitative estimate of drug-likeness (QED) is 0.245. The van der Waals surface area contributed by atoms with Gasteiger partial charge in [0, 0.05) is 19.2 Å². The average molecular weight is 447 g/mol. The fraction of sp³-hybridized carbons (Fsp3) is 0.333. The molecule has 0 bridgehead atoms. The van der Waals surface area contributed by atoms with E-state index in [0.29, 0.717) is 30.2 Å². The summed E-state index contributed by atoms with van der Waals surface area (Å²) in [6.45, 7) is 0.361. The zero-order valence-electron chi connectivity index (χ0n) is 17.2. The van der Waals surface area contributed by atoms with Crippen LogP contribution >= 0.6 is 11.8 Å². The van der Waals surface area contributed by atoms with Crippen molar-refractivity contribution in [3.05, 3.63) is 64.7 Å². The van der Waals surface area contributed by atoms with Crippen molar-refractivity contribution in [2.75, 3.05) is 37.0 Å². The van der Waals surface area contributed by atoms with Crippen LogP contribution < -0.4 is 20.7 Å². The number of amides is 2. The number of thioether (sulfide) groups is 1. The van der Waals surface area contributed by atoms with Crippen LogP contribution in [0, 0.1) is 10.1 Å². The number of hydrogen-bond donors (Lipinski definition) is 3. The third kappa shape index (κ3) is 8.55. The molecule has 3 N–H and O–H groups in total. The molecule has 0 saturated heterocycles. The van der Waals surface area contributed by atoms with Crippen molar-refractivity contribution in [3.63, 3.8) is 0 Å². The minimum atomic E-state index is -0.689. The fourth-order valence-corrected chi connectivity index (χ4v) is 3.17. The molecule has 0 aromatic heterocycles. The molecule has 0 aliphatic rings. The maximum Gasteiger partial charge on any atom is 0.292 e. The van der Waals surface area contributed by atoms with E-state index in [1.54, 1.807) is 54.2 Å². The number of ether oxygens (including phenoxy) is 1.